The zero-order chi connectivity index (χ0) is 10.1. The van der Waals surface area contributed by atoms with E-state index in [1.165, 1.54) is 0 Å². The van der Waals surface area contributed by atoms with Gasteiger partial charge in [-0.05, 0) is 37.6 Å². The van der Waals surface area contributed by atoms with Gasteiger partial charge in [-0.3, -0.25) is 4.98 Å². The van der Waals surface area contributed by atoms with Crippen molar-refractivity contribution in [3.8, 4) is 0 Å². The van der Waals surface area contributed by atoms with Gasteiger partial charge in [0.2, 0.25) is 0 Å². The zero-order valence-electron chi connectivity index (χ0n) is 8.37. The number of pyridine rings is 1. The van der Waals surface area contributed by atoms with Crippen molar-refractivity contribution in [1.29, 1.82) is 0 Å². The molecular weight excluding hydrogens is 174 g/mol. The summed E-state index contributed by atoms with van der Waals surface area (Å²) in [5, 5.41) is 12.0. The maximum atomic E-state index is 11.0. The van der Waals surface area contributed by atoms with Crippen LogP contribution in [0, 0.1) is 13.8 Å². The van der Waals surface area contributed by atoms with E-state index in [1.807, 2.05) is 38.1 Å². The molecule has 1 aromatic heterocycles. The Bertz CT molecular complexity index is 477. The molecule has 2 heteroatoms. The van der Waals surface area contributed by atoms with Gasteiger partial charge in [0, 0.05) is 11.1 Å². The minimum Gasteiger partial charge on any atom is -0.253 e. The summed E-state index contributed by atoms with van der Waals surface area (Å²) in [7, 11) is 0. The molecule has 2 aromatic rings. The quantitative estimate of drug-likeness (QED) is 0.674. The third-order valence-corrected chi connectivity index (χ3v) is 2.33. The van der Waals surface area contributed by atoms with Crippen molar-refractivity contribution in [2.75, 3.05) is 0 Å². The second-order valence-electron chi connectivity index (χ2n) is 3.59. The van der Waals surface area contributed by atoms with E-state index in [9.17, 15) is 5.11 Å². The molecule has 1 heterocycles. The fourth-order valence-electron chi connectivity index (χ4n) is 1.68. The molecule has 0 bridgehead atoms. The molecule has 0 amide bonds. The maximum absolute atomic E-state index is 11.0. The molecule has 2 nitrogen and oxygen atoms in total. The highest BCUT2D eigenvalue weighted by atomic mass is 16.3. The second-order valence-corrected chi connectivity index (χ2v) is 3.59. The highest BCUT2D eigenvalue weighted by Crippen LogP contribution is 2.19. The predicted octanol–water partition coefficient (Wildman–Crippen LogP) is 2.78. The van der Waals surface area contributed by atoms with E-state index in [0.29, 0.717) is 0 Å². The van der Waals surface area contributed by atoms with Crippen molar-refractivity contribution in [1.82, 2.24) is 4.98 Å². The number of hydrogen-bond acceptors (Lipinski definition) is 1. The Balaban J connectivity index is 2.81. The molecule has 0 aliphatic heterocycles. The molecule has 0 unspecified atom stereocenters. The van der Waals surface area contributed by atoms with E-state index in [0.717, 1.165) is 27.7 Å². The predicted molar refractivity (Wildman–Crippen MR) is 55.6 cm³/mol. The van der Waals surface area contributed by atoms with Crippen molar-refractivity contribution in [3.05, 3.63) is 41.1 Å². The van der Waals surface area contributed by atoms with Crippen LogP contribution in [-0.4, -0.2) is 4.98 Å². The van der Waals surface area contributed by atoms with Gasteiger partial charge in [-0.2, -0.15) is 0 Å². The van der Waals surface area contributed by atoms with E-state index >= 15 is 0 Å². The van der Waals surface area contributed by atoms with Crippen molar-refractivity contribution < 1.29 is 5.11 Å². The fourth-order valence-corrected chi connectivity index (χ4v) is 1.68. The first kappa shape index (κ1) is 9.16. The van der Waals surface area contributed by atoms with Gasteiger partial charge in [0.15, 0.2) is 0 Å². The Hall–Kier alpha value is -1.41. The van der Waals surface area contributed by atoms with Gasteiger partial charge in [-0.1, -0.05) is 11.6 Å². The molecule has 1 aromatic carbocycles. The van der Waals surface area contributed by atoms with Crippen LogP contribution in [0.3, 0.4) is 0 Å². The van der Waals surface area contributed by atoms with Gasteiger partial charge in [0.05, 0.1) is 5.52 Å². The van der Waals surface area contributed by atoms with Gasteiger partial charge in [0.25, 0.3) is 0 Å². The van der Waals surface area contributed by atoms with E-state index in [-0.39, 0.29) is 6.61 Å². The molecule has 0 N–H and O–H groups in total. The van der Waals surface area contributed by atoms with Crippen LogP contribution in [0.15, 0.2) is 24.3 Å². The summed E-state index contributed by atoms with van der Waals surface area (Å²) >= 11 is 0. The van der Waals surface area contributed by atoms with Gasteiger partial charge >= 0.3 is 0 Å². The van der Waals surface area contributed by atoms with Gasteiger partial charge in [-0.15, -0.1) is 0 Å². The molecule has 0 saturated carbocycles. The third kappa shape index (κ3) is 1.49. The number of nitrogens with zero attached hydrogens (tertiary/aromatic N) is 1. The highest BCUT2D eigenvalue weighted by molar-refractivity contribution is 5.83. The summed E-state index contributed by atoms with van der Waals surface area (Å²) in [6.07, 6.45) is 0. The molecule has 0 fully saturated rings. The van der Waals surface area contributed by atoms with Gasteiger partial charge in [0.1, 0.15) is 6.61 Å². The van der Waals surface area contributed by atoms with Crippen LogP contribution in [0.5, 0.6) is 0 Å². The lowest BCUT2D eigenvalue weighted by Gasteiger charge is -2.05. The number of hydrogen-bond donors (Lipinski definition) is 0. The van der Waals surface area contributed by atoms with E-state index < -0.39 is 0 Å². The molecule has 0 saturated heterocycles. The first-order valence-electron chi connectivity index (χ1n) is 4.65. The average molecular weight is 186 g/mol. The molecule has 2 rings (SSSR count). The van der Waals surface area contributed by atoms with E-state index in [2.05, 4.69) is 4.98 Å². The smallest absolute Gasteiger partial charge is 0.108 e. The lowest BCUT2D eigenvalue weighted by atomic mass is 10.1. The number of aromatic nitrogens is 1. The average Bonchev–Trinajstić information content (AvgIpc) is 2.17. The van der Waals surface area contributed by atoms with Crippen molar-refractivity contribution in [3.63, 3.8) is 0 Å². The summed E-state index contributed by atoms with van der Waals surface area (Å²) in [6.45, 7) is 3.76. The van der Waals surface area contributed by atoms with Crippen molar-refractivity contribution in [2.24, 2.45) is 0 Å². The zero-order valence-corrected chi connectivity index (χ0v) is 8.37. The summed E-state index contributed by atoms with van der Waals surface area (Å²) in [4.78, 5) is 4.39. The first-order chi connectivity index (χ1) is 6.70. The number of aryl methyl sites for hydroxylation is 2. The normalized spacial score (nSPS) is 10.8. The summed E-state index contributed by atoms with van der Waals surface area (Å²) in [5.41, 5.74) is 3.84. The molecule has 0 atom stereocenters. The topological polar surface area (TPSA) is 32.8 Å². The molecule has 0 spiro atoms. The van der Waals surface area contributed by atoms with Crippen molar-refractivity contribution in [2.45, 2.75) is 20.5 Å². The van der Waals surface area contributed by atoms with Crippen LogP contribution in [0.2, 0.25) is 0 Å². The van der Waals surface area contributed by atoms with Crippen LogP contribution < -0.4 is 0 Å². The number of rotatable bonds is 1. The van der Waals surface area contributed by atoms with Crippen LogP contribution in [0.1, 0.15) is 16.8 Å². The monoisotopic (exact) mass is 186 g/mol. The lowest BCUT2D eigenvalue weighted by Crippen LogP contribution is -1.91. The van der Waals surface area contributed by atoms with Crippen LogP contribution in [0.4, 0.5) is 0 Å². The largest absolute Gasteiger partial charge is 0.253 e. The lowest BCUT2D eigenvalue weighted by molar-refractivity contribution is 0.178. The first-order valence-corrected chi connectivity index (χ1v) is 4.65. The fraction of sp³-hybridized carbons (Fsp3) is 0.250. The highest BCUT2D eigenvalue weighted by Gasteiger charge is 2.03. The van der Waals surface area contributed by atoms with Crippen molar-refractivity contribution >= 4 is 10.9 Å². The summed E-state index contributed by atoms with van der Waals surface area (Å²) < 4.78 is 0. The van der Waals surface area contributed by atoms with E-state index in [1.54, 1.807) is 0 Å². The minimum atomic E-state index is -0.177. The maximum Gasteiger partial charge on any atom is 0.108 e. The molecule has 71 valence electrons. The molecular formula is C12H12NO. The Kier molecular flexibility index (Phi) is 2.22. The standard InChI is InChI=1S/C12H12NO/c1-8-3-4-12-11(5-8)10(7-14)6-9(2)13-12/h3-6H,7H2,1-2H3. The van der Waals surface area contributed by atoms with Crippen LogP contribution >= 0.6 is 0 Å². The molecule has 0 aliphatic rings. The Morgan fingerprint density at radius 1 is 1.21 bits per heavy atom. The Morgan fingerprint density at radius 3 is 2.71 bits per heavy atom. The summed E-state index contributed by atoms with van der Waals surface area (Å²) in [5.74, 6) is 0. The molecule has 0 aliphatic carbocycles. The van der Waals surface area contributed by atoms with E-state index in [4.69, 9.17) is 0 Å². The van der Waals surface area contributed by atoms with Gasteiger partial charge < -0.3 is 0 Å². The SMILES string of the molecule is Cc1ccc2nc(C)cc(C[O])c2c1. The Morgan fingerprint density at radius 2 is 2.00 bits per heavy atom. The van der Waals surface area contributed by atoms with Gasteiger partial charge in [-0.25, -0.2) is 5.11 Å². The second kappa shape index (κ2) is 3.39. The Labute approximate surface area is 83.2 Å². The van der Waals surface area contributed by atoms with Crippen LogP contribution in [-0.2, 0) is 11.7 Å². The number of benzene rings is 1. The van der Waals surface area contributed by atoms with Crippen LogP contribution in [0.25, 0.3) is 10.9 Å². The summed E-state index contributed by atoms with van der Waals surface area (Å²) in [6, 6.07) is 7.88. The molecule has 14 heavy (non-hydrogen) atoms. The minimum absolute atomic E-state index is 0.177. The molecule has 1 radical (unpaired) electrons. The third-order valence-electron chi connectivity index (χ3n) is 2.33. The number of fused-ring (bicyclic) bond motifs is 1.